The number of hydrogen-bond acceptors (Lipinski definition) is 2. The quantitative estimate of drug-likeness (QED) is 0.829. The molecule has 0 amide bonds. The van der Waals surface area contributed by atoms with E-state index in [1.807, 2.05) is 11.3 Å². The molecule has 0 unspecified atom stereocenters. The molecule has 1 N–H and O–H groups in total. The molecule has 1 saturated carbocycles. The van der Waals surface area contributed by atoms with Crippen molar-refractivity contribution in [2.24, 2.45) is 5.41 Å². The molecule has 0 bridgehead atoms. The Bertz CT molecular complexity index is 341. The molecule has 1 aromatic heterocycles. The van der Waals surface area contributed by atoms with E-state index in [0.717, 1.165) is 6.04 Å². The van der Waals surface area contributed by atoms with Crippen LogP contribution in [0, 0.1) is 5.41 Å². The van der Waals surface area contributed by atoms with Crippen molar-refractivity contribution in [3.8, 4) is 0 Å². The van der Waals surface area contributed by atoms with Crippen LogP contribution in [0.1, 0.15) is 38.0 Å². The summed E-state index contributed by atoms with van der Waals surface area (Å²) in [6, 6.07) is 2.99. The molecule has 0 spiro atoms. The lowest BCUT2D eigenvalue weighted by Crippen LogP contribution is -2.25. The first-order valence-corrected chi connectivity index (χ1v) is 7.69. The molecule has 1 heterocycles. The van der Waals surface area contributed by atoms with Crippen molar-refractivity contribution in [3.05, 3.63) is 20.8 Å². The third kappa shape index (κ3) is 3.86. The van der Waals surface area contributed by atoms with Crippen molar-refractivity contribution in [1.29, 1.82) is 0 Å². The van der Waals surface area contributed by atoms with E-state index < -0.39 is 0 Å². The first kappa shape index (κ1) is 12.6. The van der Waals surface area contributed by atoms with E-state index in [1.54, 1.807) is 0 Å². The van der Waals surface area contributed by atoms with Crippen molar-refractivity contribution in [1.82, 2.24) is 5.32 Å². The van der Waals surface area contributed by atoms with Gasteiger partial charge in [-0.25, -0.2) is 0 Å². The lowest BCUT2D eigenvalue weighted by molar-refractivity contribution is 0.327. The molecule has 0 aromatic carbocycles. The van der Waals surface area contributed by atoms with Gasteiger partial charge in [0.15, 0.2) is 0 Å². The van der Waals surface area contributed by atoms with Gasteiger partial charge < -0.3 is 5.32 Å². The molecule has 3 heteroatoms. The smallest absolute Gasteiger partial charge is 0.0314 e. The number of halogens is 1. The second-order valence-electron chi connectivity index (χ2n) is 5.51. The van der Waals surface area contributed by atoms with Gasteiger partial charge in [-0.1, -0.05) is 13.8 Å². The summed E-state index contributed by atoms with van der Waals surface area (Å²) in [6.45, 7) is 5.90. The zero-order valence-corrected chi connectivity index (χ0v) is 12.5. The van der Waals surface area contributed by atoms with Gasteiger partial charge in [-0.2, -0.15) is 0 Å². The first-order chi connectivity index (χ1) is 7.57. The van der Waals surface area contributed by atoms with E-state index in [9.17, 15) is 0 Å². The Morgan fingerprint density at radius 2 is 2.25 bits per heavy atom. The highest BCUT2D eigenvalue weighted by atomic mass is 79.9. The highest BCUT2D eigenvalue weighted by Crippen LogP contribution is 2.32. The second-order valence-corrected chi connectivity index (χ2v) is 7.37. The van der Waals surface area contributed by atoms with E-state index in [2.05, 4.69) is 46.5 Å². The van der Waals surface area contributed by atoms with Gasteiger partial charge in [-0.05, 0) is 65.0 Å². The fraction of sp³-hybridized carbons (Fsp3) is 0.692. The van der Waals surface area contributed by atoms with Crippen molar-refractivity contribution in [2.45, 2.75) is 45.6 Å². The summed E-state index contributed by atoms with van der Waals surface area (Å²) in [5.74, 6) is 0. The monoisotopic (exact) mass is 301 g/mol. The van der Waals surface area contributed by atoms with Crippen molar-refractivity contribution in [3.63, 3.8) is 0 Å². The molecule has 0 atom stereocenters. The Morgan fingerprint density at radius 3 is 2.81 bits per heavy atom. The van der Waals surface area contributed by atoms with Crippen molar-refractivity contribution >= 4 is 27.3 Å². The number of hydrogen-bond donors (Lipinski definition) is 1. The normalized spacial score (nSPS) is 16.7. The zero-order chi connectivity index (χ0) is 11.6. The maximum absolute atomic E-state index is 3.62. The SMILES string of the molecule is CC(C)(CCNC1CC1)Cc1sccc1Br. The third-order valence-electron chi connectivity index (χ3n) is 3.14. The molecule has 2 rings (SSSR count). The summed E-state index contributed by atoms with van der Waals surface area (Å²) in [6.07, 6.45) is 5.21. The highest BCUT2D eigenvalue weighted by molar-refractivity contribution is 9.10. The van der Waals surface area contributed by atoms with E-state index in [1.165, 1.54) is 41.6 Å². The predicted molar refractivity (Wildman–Crippen MR) is 75.1 cm³/mol. The van der Waals surface area contributed by atoms with E-state index in [4.69, 9.17) is 0 Å². The number of rotatable bonds is 6. The predicted octanol–water partition coefficient (Wildman–Crippen LogP) is 4.22. The number of nitrogens with one attached hydrogen (secondary N) is 1. The van der Waals surface area contributed by atoms with E-state index in [0.29, 0.717) is 5.41 Å². The van der Waals surface area contributed by atoms with Crippen molar-refractivity contribution in [2.75, 3.05) is 6.54 Å². The van der Waals surface area contributed by atoms with Crippen LogP contribution in [0.15, 0.2) is 15.9 Å². The molecule has 1 aliphatic carbocycles. The van der Waals surface area contributed by atoms with E-state index >= 15 is 0 Å². The molecule has 1 nitrogen and oxygen atoms in total. The fourth-order valence-electron chi connectivity index (χ4n) is 1.88. The van der Waals surface area contributed by atoms with Crippen LogP contribution < -0.4 is 5.32 Å². The van der Waals surface area contributed by atoms with Crippen LogP contribution in [0.2, 0.25) is 0 Å². The van der Waals surface area contributed by atoms with Crippen molar-refractivity contribution < 1.29 is 0 Å². The summed E-state index contributed by atoms with van der Waals surface area (Å²) in [7, 11) is 0. The molecule has 0 saturated heterocycles. The standard InChI is InChI=1S/C13H20BrNS/c1-13(2,6-7-15-10-3-4-10)9-12-11(14)5-8-16-12/h5,8,10,15H,3-4,6-7,9H2,1-2H3. The zero-order valence-electron chi connectivity index (χ0n) is 10.1. The molecule has 1 aliphatic rings. The fourth-order valence-corrected chi connectivity index (χ4v) is 3.63. The van der Waals surface area contributed by atoms with Gasteiger partial charge in [0.1, 0.15) is 0 Å². The van der Waals surface area contributed by atoms with Crippen LogP contribution in [0.3, 0.4) is 0 Å². The average molecular weight is 302 g/mol. The summed E-state index contributed by atoms with van der Waals surface area (Å²) < 4.78 is 1.28. The number of thiophene rings is 1. The minimum atomic E-state index is 0.398. The summed E-state index contributed by atoms with van der Waals surface area (Å²) in [4.78, 5) is 1.48. The average Bonchev–Trinajstić information content (AvgIpc) is 2.92. The van der Waals surface area contributed by atoms with Gasteiger partial charge in [0.05, 0.1) is 0 Å². The van der Waals surface area contributed by atoms with Crippen LogP contribution in [-0.2, 0) is 6.42 Å². The summed E-state index contributed by atoms with van der Waals surface area (Å²) in [5, 5.41) is 5.76. The van der Waals surface area contributed by atoms with Crippen LogP contribution in [0.4, 0.5) is 0 Å². The third-order valence-corrected chi connectivity index (χ3v) is 5.07. The topological polar surface area (TPSA) is 12.0 Å². The van der Waals surface area contributed by atoms with Gasteiger partial charge >= 0.3 is 0 Å². The summed E-state index contributed by atoms with van der Waals surface area (Å²) in [5.41, 5.74) is 0.398. The Kier molecular flexibility index (Phi) is 4.09. The highest BCUT2D eigenvalue weighted by Gasteiger charge is 2.23. The van der Waals surface area contributed by atoms with Gasteiger partial charge in [0, 0.05) is 15.4 Å². The minimum absolute atomic E-state index is 0.398. The Morgan fingerprint density at radius 1 is 1.50 bits per heavy atom. The lowest BCUT2D eigenvalue weighted by Gasteiger charge is -2.24. The van der Waals surface area contributed by atoms with Crippen LogP contribution in [0.5, 0.6) is 0 Å². The molecule has 1 fully saturated rings. The Labute approximate surface area is 111 Å². The maximum Gasteiger partial charge on any atom is 0.0314 e. The lowest BCUT2D eigenvalue weighted by atomic mass is 9.85. The van der Waals surface area contributed by atoms with E-state index in [-0.39, 0.29) is 0 Å². The van der Waals surface area contributed by atoms with Crippen LogP contribution in [-0.4, -0.2) is 12.6 Å². The maximum atomic E-state index is 3.62. The minimum Gasteiger partial charge on any atom is -0.314 e. The molecular weight excluding hydrogens is 282 g/mol. The molecule has 0 radical (unpaired) electrons. The van der Waals surface area contributed by atoms with Gasteiger partial charge in [-0.15, -0.1) is 11.3 Å². The Balaban J connectivity index is 1.79. The first-order valence-electron chi connectivity index (χ1n) is 6.02. The largest absolute Gasteiger partial charge is 0.314 e. The summed E-state index contributed by atoms with van der Waals surface area (Å²) >= 11 is 5.48. The van der Waals surface area contributed by atoms with Crippen LogP contribution in [0.25, 0.3) is 0 Å². The van der Waals surface area contributed by atoms with Gasteiger partial charge in [0.2, 0.25) is 0 Å². The van der Waals surface area contributed by atoms with Gasteiger partial charge in [0.25, 0.3) is 0 Å². The van der Waals surface area contributed by atoms with Crippen LogP contribution >= 0.6 is 27.3 Å². The molecule has 1 aromatic rings. The molecule has 16 heavy (non-hydrogen) atoms. The Hall–Kier alpha value is 0.140. The molecule has 90 valence electrons. The second kappa shape index (κ2) is 5.19. The molecule has 0 aliphatic heterocycles. The van der Waals surface area contributed by atoms with Gasteiger partial charge in [-0.3, -0.25) is 0 Å². The molecular formula is C13H20BrNS.